The quantitative estimate of drug-likeness (QED) is 0.0261. The summed E-state index contributed by atoms with van der Waals surface area (Å²) in [5.74, 6) is -0.967. The topological polar surface area (TPSA) is 78.9 Å². The van der Waals surface area contributed by atoms with Gasteiger partial charge >= 0.3 is 17.9 Å². The molecule has 0 aliphatic rings. The van der Waals surface area contributed by atoms with Gasteiger partial charge < -0.3 is 14.2 Å². The average Bonchev–Trinajstić information content (AvgIpc) is 3.38. The molecule has 0 heterocycles. The first-order chi connectivity index (χ1) is 35.5. The summed E-state index contributed by atoms with van der Waals surface area (Å²) in [5.41, 5.74) is 0. The highest BCUT2D eigenvalue weighted by Crippen LogP contribution is 2.13. The first-order valence-electron chi connectivity index (χ1n) is 29.2. The lowest BCUT2D eigenvalue weighted by atomic mass is 10.1. The third-order valence-corrected chi connectivity index (χ3v) is 11.9. The van der Waals surface area contributed by atoms with E-state index in [9.17, 15) is 14.4 Å². The van der Waals surface area contributed by atoms with E-state index in [0.29, 0.717) is 19.3 Å². The van der Waals surface area contributed by atoms with E-state index in [4.69, 9.17) is 14.2 Å². The molecular weight excluding hydrogens is 889 g/mol. The van der Waals surface area contributed by atoms with Gasteiger partial charge in [-0.05, 0) is 135 Å². The molecule has 0 rings (SSSR count). The molecule has 0 N–H and O–H groups in total. The van der Waals surface area contributed by atoms with Gasteiger partial charge in [0, 0.05) is 19.3 Å². The van der Waals surface area contributed by atoms with Gasteiger partial charge in [-0.15, -0.1) is 0 Å². The second-order valence-corrected chi connectivity index (χ2v) is 18.8. The lowest BCUT2D eigenvalue weighted by Gasteiger charge is -2.18. The molecule has 0 aromatic carbocycles. The molecule has 0 saturated heterocycles. The second kappa shape index (κ2) is 59.1. The van der Waals surface area contributed by atoms with Crippen molar-refractivity contribution in [3.63, 3.8) is 0 Å². The number of esters is 3. The lowest BCUT2D eigenvalue weighted by Crippen LogP contribution is -2.30. The van der Waals surface area contributed by atoms with Crippen LogP contribution in [0.4, 0.5) is 0 Å². The number of hydrogen-bond acceptors (Lipinski definition) is 6. The van der Waals surface area contributed by atoms with Gasteiger partial charge in [-0.25, -0.2) is 0 Å². The van der Waals surface area contributed by atoms with Crippen LogP contribution in [0.1, 0.15) is 245 Å². The van der Waals surface area contributed by atoms with Crippen molar-refractivity contribution in [2.24, 2.45) is 0 Å². The molecule has 1 atom stereocenters. The van der Waals surface area contributed by atoms with Crippen LogP contribution in [0.25, 0.3) is 0 Å². The Morgan fingerprint density at radius 2 is 0.542 bits per heavy atom. The van der Waals surface area contributed by atoms with E-state index >= 15 is 0 Å². The van der Waals surface area contributed by atoms with E-state index in [1.54, 1.807) is 0 Å². The predicted molar refractivity (Wildman–Crippen MR) is 311 cm³/mol. The van der Waals surface area contributed by atoms with Crippen molar-refractivity contribution in [3.05, 3.63) is 134 Å². The van der Waals surface area contributed by atoms with Gasteiger partial charge in [0.1, 0.15) is 13.2 Å². The summed E-state index contributed by atoms with van der Waals surface area (Å²) in [6, 6.07) is 0. The van der Waals surface area contributed by atoms with Gasteiger partial charge in [0.05, 0.1) is 0 Å². The van der Waals surface area contributed by atoms with Crippen molar-refractivity contribution in [1.82, 2.24) is 0 Å². The average molecular weight is 996 g/mol. The van der Waals surface area contributed by atoms with Gasteiger partial charge in [0.25, 0.3) is 0 Å². The van der Waals surface area contributed by atoms with Gasteiger partial charge in [-0.1, -0.05) is 225 Å². The van der Waals surface area contributed by atoms with E-state index in [-0.39, 0.29) is 31.1 Å². The zero-order valence-electron chi connectivity index (χ0n) is 46.4. The molecule has 406 valence electrons. The minimum absolute atomic E-state index is 0.105. The second-order valence-electron chi connectivity index (χ2n) is 18.8. The lowest BCUT2D eigenvalue weighted by molar-refractivity contribution is -0.167. The van der Waals surface area contributed by atoms with E-state index in [0.717, 1.165) is 161 Å². The molecule has 0 fully saturated rings. The molecule has 1 unspecified atom stereocenters. The molecule has 0 amide bonds. The monoisotopic (exact) mass is 995 g/mol. The van der Waals surface area contributed by atoms with Crippen LogP contribution in [0.5, 0.6) is 0 Å². The molecule has 0 radical (unpaired) electrons. The summed E-state index contributed by atoms with van der Waals surface area (Å²) < 4.78 is 16.8. The van der Waals surface area contributed by atoms with Gasteiger partial charge in [-0.3, -0.25) is 14.4 Å². The number of carbonyl (C=O) groups is 3. The summed E-state index contributed by atoms with van der Waals surface area (Å²) in [6.07, 6.45) is 83.0. The van der Waals surface area contributed by atoms with Crippen molar-refractivity contribution in [2.45, 2.75) is 252 Å². The van der Waals surface area contributed by atoms with Crippen molar-refractivity contribution in [2.75, 3.05) is 13.2 Å². The number of hydrogen-bond donors (Lipinski definition) is 0. The summed E-state index contributed by atoms with van der Waals surface area (Å²) in [6.45, 7) is 6.34. The molecule has 0 aromatic rings. The minimum atomic E-state index is -0.809. The number of rotatable bonds is 51. The summed E-state index contributed by atoms with van der Waals surface area (Å²) >= 11 is 0. The third-order valence-electron chi connectivity index (χ3n) is 11.9. The van der Waals surface area contributed by atoms with Crippen molar-refractivity contribution >= 4 is 17.9 Å². The summed E-state index contributed by atoms with van der Waals surface area (Å²) in [7, 11) is 0. The summed E-state index contributed by atoms with van der Waals surface area (Å²) in [5, 5.41) is 0. The Balaban J connectivity index is 4.43. The standard InChI is InChI=1S/C66H106O6/c1-4-7-10-13-16-19-22-25-27-29-30-31-32-33-34-35-36-37-39-41-44-47-50-53-56-59-65(68)71-62-63(61-70-64(67)58-55-52-49-46-43-40-24-21-18-15-12-9-6-3)72-66(69)60-57-54-51-48-45-42-38-28-26-23-20-17-14-11-8-5-2/h7,9-10,12,16,18-21,23,25,27-28,30-31,33-34,36-38,40,43,63H,4-6,8,11,13-15,17,22,24,26,29,32,35,39,41-42,44-62H2,1-3H3/b10-7-,12-9-,19-16-,21-18-,23-20-,27-25-,31-30-,34-33-,37-36-,38-28-,43-40-. The van der Waals surface area contributed by atoms with Gasteiger partial charge in [0.2, 0.25) is 0 Å². The smallest absolute Gasteiger partial charge is 0.306 e. The van der Waals surface area contributed by atoms with Crippen LogP contribution in [-0.4, -0.2) is 37.2 Å². The summed E-state index contributed by atoms with van der Waals surface area (Å²) in [4.78, 5) is 38.2. The van der Waals surface area contributed by atoms with E-state index in [2.05, 4.69) is 154 Å². The largest absolute Gasteiger partial charge is 0.462 e. The highest BCUT2D eigenvalue weighted by molar-refractivity contribution is 5.71. The maximum Gasteiger partial charge on any atom is 0.306 e. The predicted octanol–water partition coefficient (Wildman–Crippen LogP) is 19.8. The van der Waals surface area contributed by atoms with Crippen molar-refractivity contribution < 1.29 is 28.6 Å². The Morgan fingerprint density at radius 1 is 0.292 bits per heavy atom. The molecule has 6 heteroatoms. The fraction of sp³-hybridized carbons (Fsp3) is 0.621. The van der Waals surface area contributed by atoms with Crippen molar-refractivity contribution in [1.29, 1.82) is 0 Å². The molecule has 0 aliphatic heterocycles. The third kappa shape index (κ3) is 56.5. The normalized spacial score (nSPS) is 13.1. The fourth-order valence-corrected chi connectivity index (χ4v) is 7.55. The van der Waals surface area contributed by atoms with Crippen LogP contribution in [0.2, 0.25) is 0 Å². The van der Waals surface area contributed by atoms with E-state index in [1.165, 1.54) is 44.9 Å². The first kappa shape index (κ1) is 67.5. The molecule has 72 heavy (non-hydrogen) atoms. The van der Waals surface area contributed by atoms with Crippen molar-refractivity contribution in [3.8, 4) is 0 Å². The Labute approximate surface area is 443 Å². The zero-order chi connectivity index (χ0) is 52.2. The molecule has 6 nitrogen and oxygen atoms in total. The van der Waals surface area contributed by atoms with Crippen LogP contribution in [0.3, 0.4) is 0 Å². The van der Waals surface area contributed by atoms with Crippen LogP contribution in [0.15, 0.2) is 134 Å². The molecule has 0 aliphatic carbocycles. The Morgan fingerprint density at radius 3 is 0.861 bits per heavy atom. The van der Waals surface area contributed by atoms with Gasteiger partial charge in [-0.2, -0.15) is 0 Å². The Hall–Kier alpha value is -4.45. The van der Waals surface area contributed by atoms with Crippen LogP contribution < -0.4 is 0 Å². The minimum Gasteiger partial charge on any atom is -0.462 e. The van der Waals surface area contributed by atoms with Crippen LogP contribution >= 0.6 is 0 Å². The number of ether oxygens (including phenoxy) is 3. The highest BCUT2D eigenvalue weighted by atomic mass is 16.6. The highest BCUT2D eigenvalue weighted by Gasteiger charge is 2.19. The fourth-order valence-electron chi connectivity index (χ4n) is 7.55. The zero-order valence-corrected chi connectivity index (χ0v) is 46.4. The van der Waals surface area contributed by atoms with Gasteiger partial charge in [0.15, 0.2) is 6.10 Å². The number of unbranched alkanes of at least 4 members (excludes halogenated alkanes) is 18. The number of carbonyl (C=O) groups excluding carboxylic acids is 3. The molecule has 0 saturated carbocycles. The van der Waals surface area contributed by atoms with E-state index in [1.807, 2.05) is 0 Å². The van der Waals surface area contributed by atoms with Crippen LogP contribution in [-0.2, 0) is 28.6 Å². The molecular formula is C66H106O6. The first-order valence-corrected chi connectivity index (χ1v) is 29.2. The van der Waals surface area contributed by atoms with E-state index < -0.39 is 6.10 Å². The number of allylic oxidation sites excluding steroid dienone is 22. The molecule has 0 bridgehead atoms. The Kier molecular flexibility index (Phi) is 55.5. The molecule has 0 aromatic heterocycles. The Bertz CT molecular complexity index is 1560. The molecule has 0 spiro atoms. The SMILES string of the molecule is CC/C=C\C/C=C\C/C=C\C/C=C\C/C=C\C/C=C\CCCCCCCCC(=O)OCC(COC(=O)CCCCC/C=C\C/C=C\C/C=C\CC)OC(=O)CCCCCCC/C=C\C/C=C\CCCCCC. The maximum absolute atomic E-state index is 12.9. The maximum atomic E-state index is 12.9. The van der Waals surface area contributed by atoms with Crippen LogP contribution in [0, 0.1) is 0 Å².